The molecule has 3 heteroatoms. The normalized spacial score (nSPS) is 12.6. The highest BCUT2D eigenvalue weighted by Gasteiger charge is 2.10. The van der Waals surface area contributed by atoms with Gasteiger partial charge in [0, 0.05) is 15.2 Å². The fourth-order valence-electron chi connectivity index (χ4n) is 2.75. The van der Waals surface area contributed by atoms with Crippen LogP contribution in [0.4, 0.5) is 0 Å². The Morgan fingerprint density at radius 1 is 1.14 bits per heavy atom. The standard InChI is InChI=1S/C19H20BrNS/c1-14(18-13-22-19-10-3-2-9-17(18)19)21-11-5-7-15-6-4-8-16(20)12-15/h2-4,6,8-10,12-14,21H,5,7,11H2,1H3. The van der Waals surface area contributed by atoms with E-state index >= 15 is 0 Å². The molecule has 0 fully saturated rings. The topological polar surface area (TPSA) is 12.0 Å². The van der Waals surface area contributed by atoms with Crippen LogP contribution in [0.1, 0.15) is 30.5 Å². The Labute approximate surface area is 144 Å². The van der Waals surface area contributed by atoms with E-state index in [9.17, 15) is 0 Å². The number of hydrogen-bond donors (Lipinski definition) is 1. The molecule has 1 heterocycles. The smallest absolute Gasteiger partial charge is 0.0346 e. The van der Waals surface area contributed by atoms with Crippen LogP contribution in [0.3, 0.4) is 0 Å². The quantitative estimate of drug-likeness (QED) is 0.526. The molecule has 114 valence electrons. The van der Waals surface area contributed by atoms with Gasteiger partial charge in [0.2, 0.25) is 0 Å². The van der Waals surface area contributed by atoms with Crippen molar-refractivity contribution in [2.45, 2.75) is 25.8 Å². The van der Waals surface area contributed by atoms with Crippen molar-refractivity contribution in [3.63, 3.8) is 0 Å². The molecule has 1 atom stereocenters. The Kier molecular flexibility index (Phi) is 5.29. The lowest BCUT2D eigenvalue weighted by Crippen LogP contribution is -2.20. The van der Waals surface area contributed by atoms with Crippen molar-refractivity contribution in [1.29, 1.82) is 0 Å². The van der Waals surface area contributed by atoms with Gasteiger partial charge in [-0.1, -0.05) is 46.3 Å². The number of hydrogen-bond acceptors (Lipinski definition) is 2. The first-order valence-corrected chi connectivity index (χ1v) is 9.35. The SMILES string of the molecule is CC(NCCCc1cccc(Br)c1)c1csc2ccccc12. The third-order valence-corrected chi connectivity index (χ3v) is 5.43. The molecule has 0 saturated carbocycles. The maximum Gasteiger partial charge on any atom is 0.0346 e. The molecular weight excluding hydrogens is 354 g/mol. The van der Waals surface area contributed by atoms with Gasteiger partial charge in [0.15, 0.2) is 0 Å². The summed E-state index contributed by atoms with van der Waals surface area (Å²) in [7, 11) is 0. The lowest BCUT2D eigenvalue weighted by atomic mass is 10.1. The lowest BCUT2D eigenvalue weighted by Gasteiger charge is -2.13. The fourth-order valence-corrected chi connectivity index (χ4v) is 4.25. The van der Waals surface area contributed by atoms with Crippen LogP contribution in [0.25, 0.3) is 10.1 Å². The molecule has 0 aliphatic heterocycles. The second kappa shape index (κ2) is 7.40. The van der Waals surface area contributed by atoms with Crippen molar-refractivity contribution in [3.05, 3.63) is 69.5 Å². The molecular formula is C19H20BrNS. The van der Waals surface area contributed by atoms with Crippen molar-refractivity contribution >= 4 is 37.4 Å². The molecule has 0 amide bonds. The summed E-state index contributed by atoms with van der Waals surface area (Å²) in [6.45, 7) is 3.30. The van der Waals surface area contributed by atoms with Gasteiger partial charge in [-0.3, -0.25) is 0 Å². The van der Waals surface area contributed by atoms with Gasteiger partial charge in [0.1, 0.15) is 0 Å². The molecule has 1 unspecified atom stereocenters. The zero-order chi connectivity index (χ0) is 15.4. The highest BCUT2D eigenvalue weighted by atomic mass is 79.9. The zero-order valence-corrected chi connectivity index (χ0v) is 15.1. The summed E-state index contributed by atoms with van der Waals surface area (Å²) in [5.74, 6) is 0. The number of benzene rings is 2. The highest BCUT2D eigenvalue weighted by molar-refractivity contribution is 9.10. The number of halogens is 1. The Morgan fingerprint density at radius 3 is 2.86 bits per heavy atom. The van der Waals surface area contributed by atoms with Crippen molar-refractivity contribution in [2.75, 3.05) is 6.54 Å². The van der Waals surface area contributed by atoms with Crippen molar-refractivity contribution < 1.29 is 0 Å². The third-order valence-electron chi connectivity index (χ3n) is 3.96. The molecule has 3 rings (SSSR count). The average molecular weight is 374 g/mol. The van der Waals surface area contributed by atoms with Gasteiger partial charge in [0.25, 0.3) is 0 Å². The summed E-state index contributed by atoms with van der Waals surface area (Å²) in [5, 5.41) is 7.33. The van der Waals surface area contributed by atoms with Gasteiger partial charge in [-0.15, -0.1) is 11.3 Å². The summed E-state index contributed by atoms with van der Waals surface area (Å²) >= 11 is 5.36. The molecule has 0 radical (unpaired) electrons. The molecule has 3 aromatic rings. The molecule has 1 aromatic heterocycles. The van der Waals surface area contributed by atoms with Gasteiger partial charge in [-0.2, -0.15) is 0 Å². The van der Waals surface area contributed by atoms with Crippen LogP contribution in [0, 0.1) is 0 Å². The second-order valence-electron chi connectivity index (χ2n) is 5.60. The fraction of sp³-hybridized carbons (Fsp3) is 0.263. The van der Waals surface area contributed by atoms with E-state index in [1.807, 2.05) is 11.3 Å². The van der Waals surface area contributed by atoms with Crippen LogP contribution in [0.5, 0.6) is 0 Å². The Hall–Kier alpha value is -1.16. The van der Waals surface area contributed by atoms with Gasteiger partial charge >= 0.3 is 0 Å². The number of aryl methyl sites for hydroxylation is 1. The first kappa shape index (κ1) is 15.7. The van der Waals surface area contributed by atoms with E-state index in [1.54, 1.807) is 0 Å². The van der Waals surface area contributed by atoms with E-state index in [2.05, 4.69) is 82.1 Å². The third kappa shape index (κ3) is 3.78. The van der Waals surface area contributed by atoms with Crippen LogP contribution < -0.4 is 5.32 Å². The van der Waals surface area contributed by atoms with Gasteiger partial charge < -0.3 is 5.32 Å². The van der Waals surface area contributed by atoms with E-state index < -0.39 is 0 Å². The maximum absolute atomic E-state index is 3.66. The number of nitrogens with one attached hydrogen (secondary N) is 1. The lowest BCUT2D eigenvalue weighted by molar-refractivity contribution is 0.562. The van der Waals surface area contributed by atoms with Crippen LogP contribution in [-0.2, 0) is 6.42 Å². The first-order valence-electron chi connectivity index (χ1n) is 7.68. The molecule has 1 N–H and O–H groups in total. The minimum absolute atomic E-state index is 0.402. The van der Waals surface area contributed by atoms with Gasteiger partial charge in [-0.25, -0.2) is 0 Å². The number of rotatable bonds is 6. The predicted octanol–water partition coefficient (Wildman–Crippen LogP) is 5.95. The predicted molar refractivity (Wildman–Crippen MR) is 101 cm³/mol. The van der Waals surface area contributed by atoms with E-state index in [0.717, 1.165) is 23.9 Å². The minimum Gasteiger partial charge on any atom is -0.310 e. The molecule has 0 spiro atoms. The highest BCUT2D eigenvalue weighted by Crippen LogP contribution is 2.29. The van der Waals surface area contributed by atoms with Gasteiger partial charge in [-0.05, 0) is 66.4 Å². The Bertz CT molecular complexity index is 750. The van der Waals surface area contributed by atoms with E-state index in [4.69, 9.17) is 0 Å². The molecule has 22 heavy (non-hydrogen) atoms. The van der Waals surface area contributed by atoms with Gasteiger partial charge in [0.05, 0.1) is 0 Å². The number of thiophene rings is 1. The number of fused-ring (bicyclic) bond motifs is 1. The average Bonchev–Trinajstić information content (AvgIpc) is 2.95. The van der Waals surface area contributed by atoms with Crippen molar-refractivity contribution in [1.82, 2.24) is 5.32 Å². The minimum atomic E-state index is 0.402. The molecule has 1 nitrogen and oxygen atoms in total. The van der Waals surface area contributed by atoms with E-state index in [1.165, 1.54) is 21.2 Å². The second-order valence-corrected chi connectivity index (χ2v) is 7.42. The molecule has 0 aliphatic carbocycles. The van der Waals surface area contributed by atoms with Crippen molar-refractivity contribution in [2.24, 2.45) is 0 Å². The molecule has 0 bridgehead atoms. The summed E-state index contributed by atoms with van der Waals surface area (Å²) in [5.41, 5.74) is 2.81. The van der Waals surface area contributed by atoms with Crippen LogP contribution in [0.15, 0.2) is 58.4 Å². The van der Waals surface area contributed by atoms with Crippen LogP contribution >= 0.6 is 27.3 Å². The maximum atomic E-state index is 3.66. The van der Waals surface area contributed by atoms with Crippen molar-refractivity contribution in [3.8, 4) is 0 Å². The van der Waals surface area contributed by atoms with Crippen LogP contribution in [-0.4, -0.2) is 6.54 Å². The molecule has 0 saturated heterocycles. The summed E-state index contributed by atoms with van der Waals surface area (Å²) in [4.78, 5) is 0. The zero-order valence-electron chi connectivity index (χ0n) is 12.7. The van der Waals surface area contributed by atoms with E-state index in [0.29, 0.717) is 6.04 Å². The molecule has 0 aliphatic rings. The van der Waals surface area contributed by atoms with E-state index in [-0.39, 0.29) is 0 Å². The summed E-state index contributed by atoms with van der Waals surface area (Å²) in [6, 6.07) is 17.6. The summed E-state index contributed by atoms with van der Waals surface area (Å²) in [6.07, 6.45) is 2.27. The molecule has 2 aromatic carbocycles. The largest absolute Gasteiger partial charge is 0.310 e. The van der Waals surface area contributed by atoms with Crippen LogP contribution in [0.2, 0.25) is 0 Å². The Balaban J connectivity index is 1.53. The summed E-state index contributed by atoms with van der Waals surface area (Å²) < 4.78 is 2.54. The Morgan fingerprint density at radius 2 is 2.00 bits per heavy atom. The monoisotopic (exact) mass is 373 g/mol. The first-order chi connectivity index (χ1) is 10.7.